The second-order valence-electron chi connectivity index (χ2n) is 6.08. The van der Waals surface area contributed by atoms with Gasteiger partial charge in [0.1, 0.15) is 30.2 Å². The van der Waals surface area contributed by atoms with Crippen molar-refractivity contribution in [2.24, 2.45) is 0 Å². The molecule has 1 aliphatic heterocycles. The van der Waals surface area contributed by atoms with Crippen LogP contribution in [0.5, 0.6) is 17.2 Å². The van der Waals surface area contributed by atoms with Crippen LogP contribution in [0.25, 0.3) is 0 Å². The molecule has 3 rings (SSSR count). The highest BCUT2D eigenvalue weighted by Gasteiger charge is 2.45. The van der Waals surface area contributed by atoms with E-state index in [-0.39, 0.29) is 16.5 Å². The Morgan fingerprint density at radius 2 is 1.46 bits per heavy atom. The molecule has 0 amide bonds. The molecule has 0 saturated carbocycles. The van der Waals surface area contributed by atoms with Crippen molar-refractivity contribution in [3.63, 3.8) is 0 Å². The van der Waals surface area contributed by atoms with Crippen molar-refractivity contribution in [2.45, 2.75) is 30.7 Å². The van der Waals surface area contributed by atoms with Gasteiger partial charge in [-0.3, -0.25) is 0 Å². The van der Waals surface area contributed by atoms with Gasteiger partial charge in [0.25, 0.3) is 0 Å². The molecule has 0 unspecified atom stereocenters. The average Bonchev–Trinajstić information content (AvgIpc) is 2.66. The molecule has 0 spiro atoms. The summed E-state index contributed by atoms with van der Waals surface area (Å²) in [6, 6.07) is 9.16. The Kier molecular flexibility index (Phi) is 6.90. The van der Waals surface area contributed by atoms with Crippen molar-refractivity contribution in [3.05, 3.63) is 51.5 Å². The fourth-order valence-corrected chi connectivity index (χ4v) is 3.23. The summed E-state index contributed by atoms with van der Waals surface area (Å²) in [7, 11) is 0. The number of halogens is 3. The van der Waals surface area contributed by atoms with E-state index < -0.39 is 37.3 Å². The van der Waals surface area contributed by atoms with Crippen LogP contribution in [-0.2, 0) is 4.74 Å². The van der Waals surface area contributed by atoms with Crippen molar-refractivity contribution < 1.29 is 34.6 Å². The van der Waals surface area contributed by atoms with E-state index in [4.69, 9.17) is 49.0 Å². The lowest BCUT2D eigenvalue weighted by atomic mass is 9.99. The zero-order valence-electron chi connectivity index (χ0n) is 14.2. The van der Waals surface area contributed by atoms with Crippen molar-refractivity contribution in [2.75, 3.05) is 6.61 Å². The van der Waals surface area contributed by atoms with E-state index in [0.29, 0.717) is 15.8 Å². The van der Waals surface area contributed by atoms with Gasteiger partial charge in [0, 0.05) is 16.1 Å². The van der Waals surface area contributed by atoms with E-state index in [1.54, 1.807) is 18.2 Å². The fourth-order valence-electron chi connectivity index (χ4n) is 2.62. The summed E-state index contributed by atoms with van der Waals surface area (Å²) < 4.78 is 16.7. The normalized spacial score (nSPS) is 27.5. The maximum absolute atomic E-state index is 10.2. The number of benzene rings is 2. The summed E-state index contributed by atoms with van der Waals surface area (Å²) in [6.45, 7) is -0.579. The van der Waals surface area contributed by atoms with Gasteiger partial charge in [-0.05, 0) is 30.3 Å². The molecular formula is C18H17Cl3O7. The number of hydrogen-bond donors (Lipinski definition) is 4. The molecule has 7 nitrogen and oxygen atoms in total. The van der Waals surface area contributed by atoms with Crippen LogP contribution >= 0.6 is 34.8 Å². The van der Waals surface area contributed by atoms with Crippen LogP contribution in [-0.4, -0.2) is 57.7 Å². The molecule has 10 heteroatoms. The van der Waals surface area contributed by atoms with E-state index in [1.807, 2.05) is 0 Å². The number of rotatable bonds is 5. The lowest BCUT2D eigenvalue weighted by Crippen LogP contribution is -2.60. The summed E-state index contributed by atoms with van der Waals surface area (Å²) >= 11 is 18.0. The van der Waals surface area contributed by atoms with Gasteiger partial charge in [0.15, 0.2) is 11.5 Å². The number of hydrogen-bond acceptors (Lipinski definition) is 7. The molecule has 28 heavy (non-hydrogen) atoms. The highest BCUT2D eigenvalue weighted by Crippen LogP contribution is 2.39. The third kappa shape index (κ3) is 4.64. The van der Waals surface area contributed by atoms with Gasteiger partial charge in [0.05, 0.1) is 11.6 Å². The Labute approximate surface area is 175 Å². The van der Waals surface area contributed by atoms with E-state index >= 15 is 0 Å². The van der Waals surface area contributed by atoms with Crippen molar-refractivity contribution in [1.29, 1.82) is 0 Å². The fraction of sp³-hybridized carbons (Fsp3) is 0.333. The van der Waals surface area contributed by atoms with Crippen LogP contribution in [0.2, 0.25) is 15.1 Å². The summed E-state index contributed by atoms with van der Waals surface area (Å²) in [5, 5.41) is 40.2. The minimum atomic E-state index is -1.58. The van der Waals surface area contributed by atoms with Crippen molar-refractivity contribution >= 4 is 34.8 Å². The minimum Gasteiger partial charge on any atom is -0.458 e. The van der Waals surface area contributed by atoms with Crippen LogP contribution < -0.4 is 9.47 Å². The van der Waals surface area contributed by atoms with E-state index in [2.05, 4.69) is 0 Å². The van der Waals surface area contributed by atoms with Gasteiger partial charge in [-0.2, -0.15) is 0 Å². The van der Waals surface area contributed by atoms with Gasteiger partial charge in [-0.1, -0.05) is 34.8 Å². The summed E-state index contributed by atoms with van der Waals surface area (Å²) in [4.78, 5) is 0. The lowest BCUT2D eigenvalue weighted by molar-refractivity contribution is -0.277. The van der Waals surface area contributed by atoms with Gasteiger partial charge in [-0.15, -0.1) is 0 Å². The van der Waals surface area contributed by atoms with Crippen LogP contribution in [0.3, 0.4) is 0 Å². The van der Waals surface area contributed by atoms with E-state index in [1.165, 1.54) is 18.2 Å². The highest BCUT2D eigenvalue weighted by molar-refractivity contribution is 6.35. The third-order valence-electron chi connectivity index (χ3n) is 4.11. The maximum atomic E-state index is 10.2. The van der Waals surface area contributed by atoms with Crippen LogP contribution in [0.4, 0.5) is 0 Å². The molecule has 4 N–H and O–H groups in total. The Balaban J connectivity index is 1.86. The largest absolute Gasteiger partial charge is 0.458 e. The molecule has 2 aromatic carbocycles. The highest BCUT2D eigenvalue weighted by atomic mass is 35.5. The first-order valence-corrected chi connectivity index (χ1v) is 9.33. The SMILES string of the molecule is OC[C@H]1O[C@H](Oc2cc(Cl)ccc2Oc2ccc(Cl)cc2Cl)[C@H](O)[C@@H](O)[C@H]1O. The summed E-state index contributed by atoms with van der Waals surface area (Å²) in [6.07, 6.45) is -7.16. The molecule has 0 bridgehead atoms. The second kappa shape index (κ2) is 9.02. The van der Waals surface area contributed by atoms with Gasteiger partial charge < -0.3 is 34.6 Å². The Morgan fingerprint density at radius 1 is 0.821 bits per heavy atom. The molecule has 152 valence electrons. The van der Waals surface area contributed by atoms with Crippen molar-refractivity contribution in [3.8, 4) is 17.2 Å². The smallest absolute Gasteiger partial charge is 0.229 e. The molecule has 5 atom stereocenters. The quantitative estimate of drug-likeness (QED) is 0.553. The first-order chi connectivity index (χ1) is 13.3. The minimum absolute atomic E-state index is 0.0860. The average molecular weight is 452 g/mol. The standard InChI is InChI=1S/C18H17Cl3O7/c19-8-1-3-11(10(21)5-8)26-12-4-2-9(20)6-13(12)27-18-17(25)16(24)15(23)14(7-22)28-18/h1-6,14-18,22-25H,7H2/t14-,15+,16+,17-,18+/m1/s1. The lowest BCUT2D eigenvalue weighted by Gasteiger charge is -2.39. The summed E-state index contributed by atoms with van der Waals surface area (Å²) in [5.74, 6) is 0.584. The second-order valence-corrected chi connectivity index (χ2v) is 7.36. The molecule has 0 aromatic heterocycles. The topological polar surface area (TPSA) is 109 Å². The van der Waals surface area contributed by atoms with Crippen molar-refractivity contribution in [1.82, 2.24) is 0 Å². The van der Waals surface area contributed by atoms with E-state index in [9.17, 15) is 20.4 Å². The monoisotopic (exact) mass is 450 g/mol. The first kappa shape index (κ1) is 21.4. The molecular weight excluding hydrogens is 435 g/mol. The van der Waals surface area contributed by atoms with Crippen LogP contribution in [0, 0.1) is 0 Å². The van der Waals surface area contributed by atoms with Crippen LogP contribution in [0.1, 0.15) is 0 Å². The Hall–Kier alpha value is -1.29. The molecule has 2 aromatic rings. The molecule has 0 radical (unpaired) electrons. The van der Waals surface area contributed by atoms with Gasteiger partial charge >= 0.3 is 0 Å². The number of aliphatic hydroxyl groups excluding tert-OH is 4. The Bertz CT molecular complexity index is 833. The first-order valence-electron chi connectivity index (χ1n) is 8.19. The predicted molar refractivity (Wildman–Crippen MR) is 102 cm³/mol. The number of aliphatic hydroxyl groups is 4. The Morgan fingerprint density at radius 3 is 2.11 bits per heavy atom. The third-order valence-corrected chi connectivity index (χ3v) is 4.88. The van der Waals surface area contributed by atoms with Crippen LogP contribution in [0.15, 0.2) is 36.4 Å². The molecule has 1 saturated heterocycles. The molecule has 0 aliphatic carbocycles. The molecule has 1 heterocycles. The molecule has 1 aliphatic rings. The maximum Gasteiger partial charge on any atom is 0.229 e. The number of ether oxygens (including phenoxy) is 3. The van der Waals surface area contributed by atoms with Gasteiger partial charge in [-0.25, -0.2) is 0 Å². The predicted octanol–water partition coefficient (Wildman–Crippen LogP) is 2.62. The molecule has 1 fully saturated rings. The zero-order chi connectivity index (χ0) is 20.4. The zero-order valence-corrected chi connectivity index (χ0v) is 16.5. The van der Waals surface area contributed by atoms with Gasteiger partial charge in [0.2, 0.25) is 6.29 Å². The summed E-state index contributed by atoms with van der Waals surface area (Å²) in [5.41, 5.74) is 0. The van der Waals surface area contributed by atoms with E-state index in [0.717, 1.165) is 0 Å².